The summed E-state index contributed by atoms with van der Waals surface area (Å²) in [5, 5.41) is 24.3. The molecule has 1 heterocycles. The van der Waals surface area contributed by atoms with Crippen LogP contribution in [0.1, 0.15) is 18.2 Å². The fourth-order valence-electron chi connectivity index (χ4n) is 2.55. The standard InChI is InChI=1S/C20H16ClF3N6O2/c1-11(13(7-26)8-27)2-15(28)9-30-10-29-18(20(22,23)24)17(19(30)31)32-16-4-12(6-25)3-14(21)5-16/h2-5,7-8,10,26,28H,9,27H2,1H3/b11-2+,13-8+,26-7?,28-15?. The number of alkyl halides is 3. The fourth-order valence-corrected chi connectivity index (χ4v) is 2.77. The molecule has 0 saturated carbocycles. The molecule has 0 saturated heterocycles. The summed E-state index contributed by atoms with van der Waals surface area (Å²) >= 11 is 5.85. The van der Waals surface area contributed by atoms with E-state index in [1.807, 2.05) is 0 Å². The van der Waals surface area contributed by atoms with Crippen molar-refractivity contribution in [3.8, 4) is 17.6 Å². The van der Waals surface area contributed by atoms with Crippen LogP contribution in [0.4, 0.5) is 13.2 Å². The number of hydrogen-bond acceptors (Lipinski definition) is 7. The topological polar surface area (TPSA) is 142 Å². The van der Waals surface area contributed by atoms with Crippen molar-refractivity contribution in [1.82, 2.24) is 9.55 Å². The largest absolute Gasteiger partial charge is 0.449 e. The van der Waals surface area contributed by atoms with Crippen LogP contribution in [0.25, 0.3) is 0 Å². The molecule has 0 bridgehead atoms. The Morgan fingerprint density at radius 2 is 2.09 bits per heavy atom. The zero-order valence-electron chi connectivity index (χ0n) is 16.5. The number of nitrogens with one attached hydrogen (secondary N) is 2. The maximum atomic E-state index is 13.4. The summed E-state index contributed by atoms with van der Waals surface area (Å²) in [6, 6.07) is 5.32. The Balaban J connectivity index is 2.51. The van der Waals surface area contributed by atoms with Crippen molar-refractivity contribution in [3.05, 3.63) is 74.6 Å². The SMILES string of the molecule is CC(=C\C(=N)Cn1cnc(C(F)(F)F)c(Oc2cc(Cl)cc(C#N)c2)c1=O)/C(C=N)=C/N. The molecule has 166 valence electrons. The highest BCUT2D eigenvalue weighted by Gasteiger charge is 2.38. The smallest absolute Gasteiger partial charge is 0.437 e. The second kappa shape index (κ2) is 9.93. The van der Waals surface area contributed by atoms with Crippen LogP contribution in [0.3, 0.4) is 0 Å². The van der Waals surface area contributed by atoms with Gasteiger partial charge in [0.15, 0.2) is 5.69 Å². The third-order valence-corrected chi connectivity index (χ3v) is 4.23. The number of allylic oxidation sites excluding steroid dienone is 3. The van der Waals surface area contributed by atoms with E-state index in [9.17, 15) is 18.0 Å². The average Bonchev–Trinajstić information content (AvgIpc) is 2.70. The van der Waals surface area contributed by atoms with Crippen LogP contribution in [-0.2, 0) is 12.7 Å². The predicted molar refractivity (Wildman–Crippen MR) is 112 cm³/mol. The van der Waals surface area contributed by atoms with Crippen LogP contribution in [0, 0.1) is 22.1 Å². The highest BCUT2D eigenvalue weighted by atomic mass is 35.5. The summed E-state index contributed by atoms with van der Waals surface area (Å²) in [5.41, 5.74) is 3.25. The summed E-state index contributed by atoms with van der Waals surface area (Å²) < 4.78 is 46.2. The van der Waals surface area contributed by atoms with E-state index >= 15 is 0 Å². The van der Waals surface area contributed by atoms with Gasteiger partial charge in [-0.25, -0.2) is 4.98 Å². The van der Waals surface area contributed by atoms with E-state index in [4.69, 9.17) is 38.2 Å². The molecule has 0 radical (unpaired) electrons. The molecule has 1 aromatic carbocycles. The molecular weight excluding hydrogens is 449 g/mol. The normalized spacial score (nSPS) is 12.2. The molecule has 8 nitrogen and oxygen atoms in total. The van der Waals surface area contributed by atoms with E-state index < -0.39 is 29.7 Å². The Morgan fingerprint density at radius 1 is 1.41 bits per heavy atom. The van der Waals surface area contributed by atoms with E-state index in [0.717, 1.165) is 29.1 Å². The van der Waals surface area contributed by atoms with Crippen molar-refractivity contribution in [2.24, 2.45) is 5.73 Å². The highest BCUT2D eigenvalue weighted by Crippen LogP contribution is 2.35. The molecule has 0 amide bonds. The molecule has 0 fully saturated rings. The molecule has 2 rings (SSSR count). The van der Waals surface area contributed by atoms with Crippen molar-refractivity contribution >= 4 is 23.5 Å². The quantitative estimate of drug-likeness (QED) is 0.418. The molecule has 12 heteroatoms. The predicted octanol–water partition coefficient (Wildman–Crippen LogP) is 4.04. The minimum Gasteiger partial charge on any atom is -0.449 e. The number of nitrogens with two attached hydrogens (primary N) is 1. The van der Waals surface area contributed by atoms with Gasteiger partial charge < -0.3 is 21.3 Å². The fraction of sp³-hybridized carbons (Fsp3) is 0.150. The molecule has 2 aromatic rings. The van der Waals surface area contributed by atoms with Gasteiger partial charge in [0.05, 0.1) is 30.2 Å². The lowest BCUT2D eigenvalue weighted by atomic mass is 10.1. The summed E-state index contributed by atoms with van der Waals surface area (Å²) in [4.78, 5) is 16.1. The summed E-state index contributed by atoms with van der Waals surface area (Å²) in [6.07, 6.45) is -0.907. The van der Waals surface area contributed by atoms with Crippen LogP contribution >= 0.6 is 11.6 Å². The van der Waals surface area contributed by atoms with E-state index in [1.165, 1.54) is 12.1 Å². The maximum Gasteiger partial charge on any atom is 0.437 e. The van der Waals surface area contributed by atoms with Crippen LogP contribution < -0.4 is 16.0 Å². The number of halogens is 4. The monoisotopic (exact) mass is 464 g/mol. The van der Waals surface area contributed by atoms with Gasteiger partial charge in [-0.2, -0.15) is 18.4 Å². The molecular formula is C20H16ClF3N6O2. The highest BCUT2D eigenvalue weighted by molar-refractivity contribution is 6.30. The van der Waals surface area contributed by atoms with Crippen LogP contribution in [-0.4, -0.2) is 21.5 Å². The van der Waals surface area contributed by atoms with E-state index in [2.05, 4.69) is 4.98 Å². The van der Waals surface area contributed by atoms with Gasteiger partial charge in [0, 0.05) is 23.0 Å². The first-order valence-corrected chi connectivity index (χ1v) is 9.11. The zero-order valence-corrected chi connectivity index (χ0v) is 17.3. The van der Waals surface area contributed by atoms with Crippen molar-refractivity contribution in [2.45, 2.75) is 19.6 Å². The number of aromatic nitrogens is 2. The third-order valence-electron chi connectivity index (χ3n) is 4.01. The number of nitrogens with zero attached hydrogens (tertiary/aromatic N) is 3. The Labute approximate surface area is 185 Å². The number of hydrogen-bond donors (Lipinski definition) is 3. The molecule has 32 heavy (non-hydrogen) atoms. The first-order valence-electron chi connectivity index (χ1n) is 8.73. The molecule has 0 aliphatic carbocycles. The Hall–Kier alpha value is -3.91. The van der Waals surface area contributed by atoms with Crippen molar-refractivity contribution in [3.63, 3.8) is 0 Å². The number of rotatable bonds is 7. The lowest BCUT2D eigenvalue weighted by Gasteiger charge is -2.15. The molecule has 4 N–H and O–H groups in total. The number of nitriles is 1. The third kappa shape index (κ3) is 5.83. The zero-order chi connectivity index (χ0) is 24.1. The van der Waals surface area contributed by atoms with Gasteiger partial charge in [-0.1, -0.05) is 11.6 Å². The minimum absolute atomic E-state index is 0.0163. The lowest BCUT2D eigenvalue weighted by molar-refractivity contribution is -0.142. The average molecular weight is 465 g/mol. The van der Waals surface area contributed by atoms with E-state index in [-0.39, 0.29) is 22.0 Å². The molecule has 0 atom stereocenters. The van der Waals surface area contributed by atoms with Gasteiger partial charge in [-0.15, -0.1) is 0 Å². The van der Waals surface area contributed by atoms with E-state index in [0.29, 0.717) is 17.5 Å². The first kappa shape index (κ1) is 24.4. The Kier molecular flexibility index (Phi) is 7.56. The molecule has 0 unspecified atom stereocenters. The summed E-state index contributed by atoms with van der Waals surface area (Å²) in [5.74, 6) is -1.38. The van der Waals surface area contributed by atoms with Gasteiger partial charge in [-0.3, -0.25) is 9.36 Å². The van der Waals surface area contributed by atoms with Crippen LogP contribution in [0.15, 0.2) is 52.7 Å². The molecule has 0 aliphatic heterocycles. The Morgan fingerprint density at radius 3 is 2.66 bits per heavy atom. The Bertz CT molecular complexity index is 1230. The second-order valence-corrected chi connectivity index (χ2v) is 6.80. The summed E-state index contributed by atoms with van der Waals surface area (Å²) in [6.45, 7) is 1.15. The second-order valence-electron chi connectivity index (χ2n) is 6.36. The van der Waals surface area contributed by atoms with Crippen molar-refractivity contribution in [2.75, 3.05) is 0 Å². The maximum absolute atomic E-state index is 13.4. The van der Waals surface area contributed by atoms with Crippen LogP contribution in [0.5, 0.6) is 11.5 Å². The van der Waals surface area contributed by atoms with Gasteiger partial charge in [0.1, 0.15) is 5.75 Å². The summed E-state index contributed by atoms with van der Waals surface area (Å²) in [7, 11) is 0. The minimum atomic E-state index is -5.00. The van der Waals surface area contributed by atoms with Crippen LogP contribution in [0.2, 0.25) is 5.02 Å². The van der Waals surface area contributed by atoms with Crippen molar-refractivity contribution in [1.29, 1.82) is 16.1 Å². The molecule has 0 spiro atoms. The van der Waals surface area contributed by atoms with Gasteiger partial charge in [0.2, 0.25) is 5.75 Å². The van der Waals surface area contributed by atoms with Gasteiger partial charge in [0.25, 0.3) is 5.56 Å². The number of ether oxygens (including phenoxy) is 1. The van der Waals surface area contributed by atoms with Gasteiger partial charge in [-0.05, 0) is 36.8 Å². The van der Waals surface area contributed by atoms with Gasteiger partial charge >= 0.3 is 6.18 Å². The lowest BCUT2D eigenvalue weighted by Crippen LogP contribution is -2.28. The number of benzene rings is 1. The molecule has 1 aromatic heterocycles. The van der Waals surface area contributed by atoms with E-state index in [1.54, 1.807) is 13.0 Å². The first-order chi connectivity index (χ1) is 15.0. The molecule has 0 aliphatic rings. The van der Waals surface area contributed by atoms with Crippen molar-refractivity contribution < 1.29 is 17.9 Å².